The summed E-state index contributed by atoms with van der Waals surface area (Å²) in [6, 6.07) is 24.0. The summed E-state index contributed by atoms with van der Waals surface area (Å²) in [4.78, 5) is 78.8. The van der Waals surface area contributed by atoms with Gasteiger partial charge in [-0.3, -0.25) is 23.7 Å². The molecule has 1 aromatic heterocycles. The number of pyridine rings is 1. The Kier molecular flexibility index (Phi) is 12.4. The number of nitrogens with one attached hydrogen (secondary N) is 1. The van der Waals surface area contributed by atoms with Crippen LogP contribution < -0.4 is 14.8 Å². The molecule has 0 bridgehead atoms. The number of imide groups is 1. The van der Waals surface area contributed by atoms with Crippen molar-refractivity contribution in [1.29, 1.82) is 0 Å². The molecule has 4 fully saturated rings. The van der Waals surface area contributed by atoms with Gasteiger partial charge < -0.3 is 24.4 Å². The van der Waals surface area contributed by atoms with Crippen molar-refractivity contribution in [3.8, 4) is 22.8 Å². The number of rotatable bonds is 15. The summed E-state index contributed by atoms with van der Waals surface area (Å²) in [5, 5.41) is 3.57. The molecular weight excluding hydrogens is 839 g/mol. The van der Waals surface area contributed by atoms with Crippen molar-refractivity contribution in [3.05, 3.63) is 103 Å². The van der Waals surface area contributed by atoms with Crippen molar-refractivity contribution in [2.45, 2.75) is 89.1 Å². The van der Waals surface area contributed by atoms with Crippen LogP contribution in [0, 0.1) is 17.3 Å². The van der Waals surface area contributed by atoms with Gasteiger partial charge in [0.1, 0.15) is 35.8 Å². The number of carbonyl (C=O) groups is 5. The Hall–Kier alpha value is -6.13. The van der Waals surface area contributed by atoms with E-state index in [1.807, 2.05) is 93.6 Å². The average Bonchev–Trinajstić information content (AvgIpc) is 4.17. The van der Waals surface area contributed by atoms with Crippen LogP contribution in [0.5, 0.6) is 11.5 Å². The smallest absolute Gasteiger partial charge is 0.416 e. The highest BCUT2D eigenvalue weighted by Gasteiger charge is 2.64. The largest absolute Gasteiger partial charge is 0.497 e. The van der Waals surface area contributed by atoms with Gasteiger partial charge in [-0.1, -0.05) is 87.5 Å². The van der Waals surface area contributed by atoms with Crippen LogP contribution in [0.2, 0.25) is 0 Å². The molecule has 336 valence electrons. The summed E-state index contributed by atoms with van der Waals surface area (Å²) in [6.45, 7) is 9.25. The van der Waals surface area contributed by atoms with Gasteiger partial charge in [-0.15, -0.1) is 6.58 Å². The SMILES string of the molecule is C=CC1CC1(NC(=O)[C@@H]1C[C@@H](Oc2cc(-c3ccccc3)nc3cc(OC)ccc23)CN1C(=O)C[C@H](C(=O)N1C(=O)OC[C@@H]1Cc1ccccc1)C(C)(C)C)C(=O)N(C1CC1)S(=O)O. The molecule has 2 saturated carbocycles. The van der Waals surface area contributed by atoms with E-state index >= 15 is 0 Å². The average molecular weight is 892 g/mol. The zero-order valence-corrected chi connectivity index (χ0v) is 37.1. The summed E-state index contributed by atoms with van der Waals surface area (Å²) in [6.07, 6.45) is 1.30. The first-order valence-corrected chi connectivity index (χ1v) is 22.6. The zero-order chi connectivity index (χ0) is 45.5. The van der Waals surface area contributed by atoms with Crippen LogP contribution in [-0.2, 0) is 41.6 Å². The number of aromatic nitrogens is 1. The van der Waals surface area contributed by atoms with E-state index in [0.29, 0.717) is 47.4 Å². The van der Waals surface area contributed by atoms with E-state index in [1.54, 1.807) is 19.2 Å². The Bertz CT molecular complexity index is 2490. The van der Waals surface area contributed by atoms with Crippen molar-refractivity contribution in [2.75, 3.05) is 20.3 Å². The quantitative estimate of drug-likeness (QED) is 0.104. The van der Waals surface area contributed by atoms with Gasteiger partial charge in [-0.2, -0.15) is 0 Å². The minimum Gasteiger partial charge on any atom is -0.497 e. The Morgan fingerprint density at radius 3 is 2.39 bits per heavy atom. The van der Waals surface area contributed by atoms with E-state index < -0.39 is 88.0 Å². The summed E-state index contributed by atoms with van der Waals surface area (Å²) in [7, 11) is 1.57. The predicted molar refractivity (Wildman–Crippen MR) is 238 cm³/mol. The van der Waals surface area contributed by atoms with E-state index in [0.717, 1.165) is 20.3 Å². The third kappa shape index (κ3) is 8.98. The van der Waals surface area contributed by atoms with Gasteiger partial charge in [0.15, 0.2) is 0 Å². The van der Waals surface area contributed by atoms with Gasteiger partial charge in [-0.25, -0.2) is 23.2 Å². The van der Waals surface area contributed by atoms with Gasteiger partial charge in [0, 0.05) is 47.9 Å². The lowest BCUT2D eigenvalue weighted by Gasteiger charge is -2.34. The van der Waals surface area contributed by atoms with Gasteiger partial charge in [0.2, 0.25) is 17.7 Å². The lowest BCUT2D eigenvalue weighted by Crippen LogP contribution is -2.57. The number of benzene rings is 3. The minimum atomic E-state index is -2.62. The minimum absolute atomic E-state index is 0.00520. The molecule has 7 atom stereocenters. The second kappa shape index (κ2) is 17.8. The third-order valence-corrected chi connectivity index (χ3v) is 13.5. The van der Waals surface area contributed by atoms with Crippen LogP contribution in [0.15, 0.2) is 97.6 Å². The van der Waals surface area contributed by atoms with Crippen molar-refractivity contribution in [1.82, 2.24) is 24.4 Å². The Balaban J connectivity index is 1.11. The fourth-order valence-electron chi connectivity index (χ4n) is 8.92. The number of cyclic esters (lactones) is 1. The number of fused-ring (bicyclic) bond motifs is 1. The first kappa shape index (κ1) is 44.5. The van der Waals surface area contributed by atoms with E-state index in [-0.39, 0.29) is 32.4 Å². The lowest BCUT2D eigenvalue weighted by atomic mass is 9.77. The molecule has 2 aliphatic carbocycles. The first-order valence-electron chi connectivity index (χ1n) is 21.5. The number of hydrogen-bond donors (Lipinski definition) is 2. The van der Waals surface area contributed by atoms with Crippen molar-refractivity contribution < 1.29 is 46.9 Å². The maximum Gasteiger partial charge on any atom is 0.416 e. The predicted octanol–water partition coefficient (Wildman–Crippen LogP) is 6.09. The molecule has 15 nitrogen and oxygen atoms in total. The Labute approximate surface area is 374 Å². The fourth-order valence-corrected chi connectivity index (χ4v) is 9.69. The van der Waals surface area contributed by atoms with Gasteiger partial charge in [0.05, 0.1) is 36.8 Å². The van der Waals surface area contributed by atoms with E-state index in [4.69, 9.17) is 19.2 Å². The topological polar surface area (TPSA) is 185 Å². The molecule has 3 heterocycles. The highest BCUT2D eigenvalue weighted by molar-refractivity contribution is 7.77. The highest BCUT2D eigenvalue weighted by atomic mass is 32.2. The number of amides is 5. The van der Waals surface area contributed by atoms with Crippen LogP contribution in [0.3, 0.4) is 0 Å². The second-order valence-electron chi connectivity index (χ2n) is 18.1. The fraction of sp³-hybridized carbons (Fsp3) is 0.417. The highest BCUT2D eigenvalue weighted by Crippen LogP contribution is 2.48. The normalized spacial score (nSPS) is 23.8. The van der Waals surface area contributed by atoms with Crippen LogP contribution >= 0.6 is 0 Å². The van der Waals surface area contributed by atoms with Crippen LogP contribution in [0.1, 0.15) is 58.4 Å². The second-order valence-corrected chi connectivity index (χ2v) is 19.0. The molecule has 0 radical (unpaired) electrons. The van der Waals surface area contributed by atoms with Crippen molar-refractivity contribution >= 4 is 51.9 Å². The summed E-state index contributed by atoms with van der Waals surface area (Å²) in [5.74, 6) is -2.92. The molecule has 4 aromatic rings. The Morgan fingerprint density at radius 2 is 1.77 bits per heavy atom. The molecule has 2 aliphatic heterocycles. The van der Waals surface area contributed by atoms with E-state index in [1.165, 1.54) is 11.0 Å². The van der Waals surface area contributed by atoms with Crippen LogP contribution in [0.4, 0.5) is 4.79 Å². The molecule has 4 aliphatic rings. The zero-order valence-electron chi connectivity index (χ0n) is 36.3. The maximum absolute atomic E-state index is 14.9. The molecule has 2 saturated heterocycles. The maximum atomic E-state index is 14.9. The molecule has 3 aromatic carbocycles. The summed E-state index contributed by atoms with van der Waals surface area (Å²) in [5.41, 5.74) is 0.617. The molecule has 64 heavy (non-hydrogen) atoms. The number of hydrogen-bond acceptors (Lipinski definition) is 10. The number of carbonyl (C=O) groups excluding carboxylic acids is 5. The van der Waals surface area contributed by atoms with Gasteiger partial charge in [0.25, 0.3) is 17.2 Å². The van der Waals surface area contributed by atoms with Crippen LogP contribution in [-0.4, -0.2) is 108 Å². The van der Waals surface area contributed by atoms with Crippen molar-refractivity contribution in [2.24, 2.45) is 17.3 Å². The van der Waals surface area contributed by atoms with Crippen LogP contribution in [0.25, 0.3) is 22.2 Å². The molecule has 3 unspecified atom stereocenters. The summed E-state index contributed by atoms with van der Waals surface area (Å²) < 4.78 is 41.2. The number of nitrogens with zero attached hydrogens (tertiary/aromatic N) is 4. The van der Waals surface area contributed by atoms with Gasteiger partial charge >= 0.3 is 6.09 Å². The van der Waals surface area contributed by atoms with E-state index in [2.05, 4.69) is 11.9 Å². The Morgan fingerprint density at radius 1 is 1.06 bits per heavy atom. The molecule has 16 heteroatoms. The monoisotopic (exact) mass is 891 g/mol. The lowest BCUT2D eigenvalue weighted by molar-refractivity contribution is -0.146. The van der Waals surface area contributed by atoms with Gasteiger partial charge in [-0.05, 0) is 48.8 Å². The first-order chi connectivity index (χ1) is 30.6. The standard InChI is InChI=1S/C48H53N5O10S/c1-6-31-26-48(31,45(57)53(64(59)60)32-17-18-32)50-43(55)40-23-35(63-41-25-38(30-15-11-8-12-16-30)49-39-22-34(61-5)19-20-36(39)41)27-51(40)42(54)24-37(47(2,3)4)44(56)52-33(28-62-46(52)58)21-29-13-9-7-10-14-29/h6-16,19-20,22,25,31-33,35,37,40H,1,17-18,21,23-24,26-28H2,2-5H3,(H,50,55)(H,59,60)/t31?,33-,35+,37+,40-,48?/m0/s1. The molecule has 0 spiro atoms. The number of methoxy groups -OCH3 is 1. The molecular formula is C48H53N5O10S. The third-order valence-electron chi connectivity index (χ3n) is 12.7. The number of ether oxygens (including phenoxy) is 3. The number of likely N-dealkylation sites (tertiary alicyclic amines) is 1. The molecule has 8 rings (SSSR count). The molecule has 2 N–H and O–H groups in total. The van der Waals surface area contributed by atoms with E-state index in [9.17, 15) is 32.7 Å². The molecule has 5 amide bonds. The van der Waals surface area contributed by atoms with Crippen molar-refractivity contribution in [3.63, 3.8) is 0 Å². The summed E-state index contributed by atoms with van der Waals surface area (Å²) >= 11 is -2.62.